The smallest absolute Gasteiger partial charge is 0.418 e. The van der Waals surface area contributed by atoms with E-state index in [-0.39, 0.29) is 51.4 Å². The molecule has 0 bridgehead atoms. The molecule has 0 nitrogen and oxygen atoms in total. The van der Waals surface area contributed by atoms with Gasteiger partial charge in [0.05, 0.1) is 0 Å². The van der Waals surface area contributed by atoms with Crippen molar-refractivity contribution in [2.45, 2.75) is 0 Å². The number of hydrogen-bond donors (Lipinski definition) is 0. The van der Waals surface area contributed by atoms with Crippen molar-refractivity contribution in [3.05, 3.63) is 29.3 Å². The van der Waals surface area contributed by atoms with E-state index in [1.165, 1.54) is 0 Å². The predicted octanol–water partition coefficient (Wildman–Crippen LogP) is 2.83. The van der Waals surface area contributed by atoms with E-state index in [0.717, 1.165) is 4.88 Å². The molecule has 0 fully saturated rings. The molecule has 0 aliphatic carbocycles. The molecule has 0 spiro atoms. The fourth-order valence-corrected chi connectivity index (χ4v) is 0.802. The molecule has 0 aliphatic rings. The van der Waals surface area contributed by atoms with Crippen molar-refractivity contribution in [3.63, 3.8) is 0 Å². The van der Waals surface area contributed by atoms with Gasteiger partial charge < -0.3 is 51.8 Å². The molecule has 1 aromatic heterocycles. The molecule has 1 aromatic rings. The Hall–Kier alpha value is 0.561. The van der Waals surface area contributed by atoms with Gasteiger partial charge >= 0.3 is 73.1 Å². The number of hydrogen-bond acceptors (Lipinski definition) is 1. The molecule has 128 valence electrons. The minimum atomic E-state index is -6.00. The van der Waals surface area contributed by atoms with Gasteiger partial charge in [0, 0.05) is 0 Å². The summed E-state index contributed by atoms with van der Waals surface area (Å²) >= 11 is 1.67. The third-order valence-electron chi connectivity index (χ3n) is 0.580. The molecule has 17 heteroatoms. The van der Waals surface area contributed by atoms with Gasteiger partial charge in [-0.25, -0.2) is 6.92 Å². The van der Waals surface area contributed by atoms with Gasteiger partial charge in [0.1, 0.15) is 0 Å². The first-order valence-electron chi connectivity index (χ1n) is 4.37. The molecule has 0 atom stereocenters. The van der Waals surface area contributed by atoms with E-state index in [2.05, 4.69) is 6.92 Å². The normalized spacial score (nSPS) is 10.5. The van der Waals surface area contributed by atoms with Crippen molar-refractivity contribution in [2.75, 3.05) is 0 Å². The summed E-state index contributed by atoms with van der Waals surface area (Å²) in [5, 5.41) is 2.02. The molecular weight excluding hydrogens is 392 g/mol. The van der Waals surface area contributed by atoms with Crippen LogP contribution in [-0.2, 0) is 0 Å². The molecule has 0 radical (unpaired) electrons. The maximum atomic E-state index is 9.75. The summed E-state index contributed by atoms with van der Waals surface area (Å²) in [6.45, 7) is 3.70. The van der Waals surface area contributed by atoms with Crippen LogP contribution in [-0.4, -0.2) is 21.8 Å². The van der Waals surface area contributed by atoms with Gasteiger partial charge in [-0.15, -0.1) is 10.9 Å². The second-order valence-corrected chi connectivity index (χ2v) is 3.60. The van der Waals surface area contributed by atoms with Crippen LogP contribution in [0.25, 0.3) is 0 Å². The Kier molecular flexibility index (Phi) is 19.3. The third kappa shape index (κ3) is 138. The number of thiophene rings is 1. The Morgan fingerprint density at radius 1 is 0.682 bits per heavy atom. The van der Waals surface area contributed by atoms with Crippen LogP contribution < -0.4 is 51.4 Å². The minimum absolute atomic E-state index is 0. The van der Waals surface area contributed by atoms with Gasteiger partial charge in [-0.1, -0.05) is 0 Å². The van der Waals surface area contributed by atoms with Crippen molar-refractivity contribution in [2.24, 2.45) is 0 Å². The quantitative estimate of drug-likeness (QED) is 0.359. The third-order valence-corrected chi connectivity index (χ3v) is 1.31. The molecule has 0 saturated carbocycles. The zero-order valence-corrected chi connectivity index (χ0v) is 14.6. The van der Waals surface area contributed by atoms with Crippen LogP contribution in [0.4, 0.5) is 51.8 Å². The Morgan fingerprint density at radius 3 is 0.955 bits per heavy atom. The Balaban J connectivity index is -0.0000000973. The fraction of sp³-hybridized carbons (Fsp3) is 0. The van der Waals surface area contributed by atoms with Gasteiger partial charge in [0.2, 0.25) is 0 Å². The van der Waals surface area contributed by atoms with Crippen LogP contribution >= 0.6 is 11.3 Å². The summed E-state index contributed by atoms with van der Waals surface area (Å²) in [5.41, 5.74) is 0. The zero-order chi connectivity index (χ0) is 17.9. The summed E-state index contributed by atoms with van der Waals surface area (Å²) in [5.74, 6) is 0. The van der Waals surface area contributed by atoms with E-state index in [1.54, 1.807) is 11.3 Å². The van der Waals surface area contributed by atoms with Gasteiger partial charge in [0.15, 0.2) is 0 Å². The van der Waals surface area contributed by atoms with Crippen LogP contribution in [0.3, 0.4) is 0 Å². The summed E-state index contributed by atoms with van der Waals surface area (Å²) in [6.07, 6.45) is 0. The van der Waals surface area contributed by atoms with E-state index in [0.29, 0.717) is 0 Å². The van der Waals surface area contributed by atoms with Gasteiger partial charge in [-0.3, -0.25) is 0 Å². The van der Waals surface area contributed by atoms with Crippen LogP contribution in [0.2, 0.25) is 0 Å². The average Bonchev–Trinajstić information content (AvgIpc) is 2.44. The predicted molar refractivity (Wildman–Crippen MR) is 59.3 cm³/mol. The Labute approximate surface area is 164 Å². The van der Waals surface area contributed by atoms with E-state index >= 15 is 0 Å². The second-order valence-electron chi connectivity index (χ2n) is 2.56. The first-order chi connectivity index (χ1) is 8.89. The van der Waals surface area contributed by atoms with Crippen LogP contribution in [0.5, 0.6) is 0 Å². The van der Waals surface area contributed by atoms with Crippen molar-refractivity contribution < 1.29 is 103 Å². The molecule has 0 aromatic carbocycles. The van der Waals surface area contributed by atoms with E-state index in [4.69, 9.17) is 0 Å². The zero-order valence-electron chi connectivity index (χ0n) is 10.6. The maximum absolute atomic E-state index is 9.75. The average molecular weight is 397 g/mol. The Bertz CT molecular complexity index is 285. The molecule has 0 saturated heterocycles. The number of halogens is 12. The van der Waals surface area contributed by atoms with Crippen molar-refractivity contribution >= 4 is 33.1 Å². The van der Waals surface area contributed by atoms with Gasteiger partial charge in [0.25, 0.3) is 0 Å². The summed E-state index contributed by atoms with van der Waals surface area (Å²) in [7, 11) is -18.0. The topological polar surface area (TPSA) is 0 Å². The van der Waals surface area contributed by atoms with Crippen LogP contribution in [0, 0.1) is 6.92 Å². The molecular formula is C5H5B3F12KS-3. The van der Waals surface area contributed by atoms with E-state index in [1.807, 2.05) is 17.5 Å². The Morgan fingerprint density at radius 2 is 0.909 bits per heavy atom. The molecule has 1 heterocycles. The van der Waals surface area contributed by atoms with E-state index < -0.39 is 21.8 Å². The molecule has 1 rings (SSSR count). The van der Waals surface area contributed by atoms with E-state index in [9.17, 15) is 51.8 Å². The fourth-order valence-electron chi connectivity index (χ4n) is 0.313. The molecule has 0 aliphatic heterocycles. The summed E-state index contributed by atoms with van der Waals surface area (Å²) in [4.78, 5) is 1.13. The molecule has 0 unspecified atom stereocenters. The minimum Gasteiger partial charge on any atom is -0.418 e. The largest absolute Gasteiger partial charge is 1.00 e. The monoisotopic (exact) mass is 397 g/mol. The SMILES string of the molecule is F[B-](F)(F)F.F[B-](F)(F)F.F[B-](F)(F)F.[CH2-]c1cccs1.[K+]. The molecule has 22 heavy (non-hydrogen) atoms. The molecule has 0 N–H and O–H groups in total. The first-order valence-corrected chi connectivity index (χ1v) is 5.25. The maximum Gasteiger partial charge on any atom is 1.00 e. The molecule has 0 amide bonds. The standard InChI is InChI=1S/C5H5S.3BF4.K/c1-5-3-2-4-6-5;3*2-1(3,4)5;/h2-4H,1H2;;;;/q4*-1;+1. The van der Waals surface area contributed by atoms with Crippen LogP contribution in [0.1, 0.15) is 4.88 Å². The van der Waals surface area contributed by atoms with Crippen molar-refractivity contribution in [1.82, 2.24) is 0 Å². The van der Waals surface area contributed by atoms with Gasteiger partial charge in [-0.2, -0.15) is 17.4 Å². The number of rotatable bonds is 0. The van der Waals surface area contributed by atoms with Crippen molar-refractivity contribution in [1.29, 1.82) is 0 Å². The van der Waals surface area contributed by atoms with Crippen molar-refractivity contribution in [3.8, 4) is 0 Å². The van der Waals surface area contributed by atoms with Crippen LogP contribution in [0.15, 0.2) is 17.5 Å². The summed E-state index contributed by atoms with van der Waals surface area (Å²) in [6, 6.07) is 3.98. The summed E-state index contributed by atoms with van der Waals surface area (Å²) < 4.78 is 117. The van der Waals surface area contributed by atoms with Gasteiger partial charge in [-0.05, 0) is 5.38 Å². The first kappa shape index (κ1) is 30.4. The second kappa shape index (κ2) is 14.0.